The second-order valence-electron chi connectivity index (χ2n) is 5.14. The van der Waals surface area contributed by atoms with Gasteiger partial charge in [-0.1, -0.05) is 23.7 Å². The predicted octanol–water partition coefficient (Wildman–Crippen LogP) is 3.70. The Morgan fingerprint density at radius 1 is 1.19 bits per heavy atom. The van der Waals surface area contributed by atoms with Gasteiger partial charge in [-0.25, -0.2) is 4.98 Å². The van der Waals surface area contributed by atoms with Gasteiger partial charge in [-0.2, -0.15) is 0 Å². The predicted molar refractivity (Wildman–Crippen MR) is 85.0 cm³/mol. The number of rotatable bonds is 4. The summed E-state index contributed by atoms with van der Waals surface area (Å²) in [5.74, 6) is 0.681. The smallest absolute Gasteiger partial charge is 0.209 e. The van der Waals surface area contributed by atoms with Gasteiger partial charge in [-0.3, -0.25) is 4.90 Å². The maximum absolute atomic E-state index is 6.00. The zero-order chi connectivity index (χ0) is 14.8. The zero-order valence-electron chi connectivity index (χ0n) is 11.7. The highest BCUT2D eigenvalue weighted by atomic mass is 35.5. The number of hydrogen-bond donors (Lipinski definition) is 1. The van der Waals surface area contributed by atoms with Crippen LogP contribution in [-0.4, -0.2) is 16.9 Å². The summed E-state index contributed by atoms with van der Waals surface area (Å²) in [6, 6.07) is 13.3. The van der Waals surface area contributed by atoms with Crippen molar-refractivity contribution in [2.75, 3.05) is 12.8 Å². The summed E-state index contributed by atoms with van der Waals surface area (Å²) in [7, 11) is 2.02. The minimum atomic E-state index is 0.626. The van der Waals surface area contributed by atoms with Gasteiger partial charge in [0, 0.05) is 17.3 Å². The molecular weight excluding hydrogens is 286 g/mol. The second-order valence-corrected chi connectivity index (χ2v) is 5.57. The molecular formula is C16H16ClN3O. The zero-order valence-corrected chi connectivity index (χ0v) is 12.5. The van der Waals surface area contributed by atoms with Crippen molar-refractivity contribution in [3.8, 4) is 0 Å². The average molecular weight is 302 g/mol. The fraction of sp³-hybridized carbons (Fsp3) is 0.188. The number of halogens is 1. The lowest BCUT2D eigenvalue weighted by Gasteiger charge is -2.14. The highest BCUT2D eigenvalue weighted by molar-refractivity contribution is 6.30. The Morgan fingerprint density at radius 2 is 2.05 bits per heavy atom. The number of anilines is 1. The van der Waals surface area contributed by atoms with Crippen molar-refractivity contribution < 1.29 is 4.42 Å². The number of nitrogens with two attached hydrogens (primary N) is 1. The summed E-state index contributed by atoms with van der Waals surface area (Å²) in [6.45, 7) is 1.41. The minimum absolute atomic E-state index is 0.626. The van der Waals surface area contributed by atoms with Crippen LogP contribution in [0.1, 0.15) is 11.5 Å². The lowest BCUT2D eigenvalue weighted by molar-refractivity contribution is 0.285. The number of hydrogen-bond acceptors (Lipinski definition) is 4. The van der Waals surface area contributed by atoms with E-state index < -0.39 is 0 Å². The normalized spacial score (nSPS) is 11.4. The second kappa shape index (κ2) is 5.76. The van der Waals surface area contributed by atoms with E-state index in [0.29, 0.717) is 18.1 Å². The lowest BCUT2D eigenvalue weighted by Crippen LogP contribution is -2.17. The number of benzene rings is 2. The van der Waals surface area contributed by atoms with Gasteiger partial charge < -0.3 is 10.2 Å². The molecule has 0 aliphatic carbocycles. The molecule has 2 N–H and O–H groups in total. The summed E-state index contributed by atoms with van der Waals surface area (Å²) >= 11 is 6.00. The molecule has 0 atom stereocenters. The molecule has 2 aromatic carbocycles. The molecule has 0 spiro atoms. The van der Waals surface area contributed by atoms with Crippen molar-refractivity contribution in [1.29, 1.82) is 0 Å². The standard InChI is InChI=1S/C16H16ClN3O/c1-20(9-11-3-2-4-12(17)7-11)10-16-19-14-8-13(18)5-6-15(14)21-16/h2-8H,9-10,18H2,1H3. The first-order chi connectivity index (χ1) is 10.1. The van der Waals surface area contributed by atoms with Gasteiger partial charge in [0.2, 0.25) is 5.89 Å². The van der Waals surface area contributed by atoms with E-state index in [-0.39, 0.29) is 0 Å². The van der Waals surface area contributed by atoms with Crippen LogP contribution in [0.2, 0.25) is 5.02 Å². The third-order valence-corrected chi connectivity index (χ3v) is 3.44. The maximum atomic E-state index is 6.00. The molecule has 3 aromatic rings. The Kier molecular flexibility index (Phi) is 3.82. The van der Waals surface area contributed by atoms with Gasteiger partial charge in [-0.15, -0.1) is 0 Å². The average Bonchev–Trinajstić information content (AvgIpc) is 2.79. The van der Waals surface area contributed by atoms with Gasteiger partial charge in [0.15, 0.2) is 5.58 Å². The van der Waals surface area contributed by atoms with E-state index in [1.807, 2.05) is 43.4 Å². The van der Waals surface area contributed by atoms with Crippen molar-refractivity contribution in [3.63, 3.8) is 0 Å². The van der Waals surface area contributed by atoms with Crippen LogP contribution in [0.15, 0.2) is 46.9 Å². The molecule has 0 radical (unpaired) electrons. The molecule has 1 aromatic heterocycles. The van der Waals surface area contributed by atoms with Crippen molar-refractivity contribution >= 4 is 28.4 Å². The third-order valence-electron chi connectivity index (χ3n) is 3.20. The largest absolute Gasteiger partial charge is 0.439 e. The summed E-state index contributed by atoms with van der Waals surface area (Å²) in [6.07, 6.45) is 0. The van der Waals surface area contributed by atoms with Crippen LogP contribution in [0.3, 0.4) is 0 Å². The SMILES string of the molecule is CN(Cc1cccc(Cl)c1)Cc1nc2cc(N)ccc2o1. The van der Waals surface area contributed by atoms with E-state index >= 15 is 0 Å². The molecule has 0 amide bonds. The molecule has 5 heteroatoms. The number of fused-ring (bicyclic) bond motifs is 1. The summed E-state index contributed by atoms with van der Waals surface area (Å²) < 4.78 is 5.72. The molecule has 0 saturated heterocycles. The van der Waals surface area contributed by atoms with E-state index in [4.69, 9.17) is 21.8 Å². The summed E-state index contributed by atoms with van der Waals surface area (Å²) in [4.78, 5) is 6.58. The fourth-order valence-corrected chi connectivity index (χ4v) is 2.51. The molecule has 0 fully saturated rings. The Morgan fingerprint density at radius 3 is 2.86 bits per heavy atom. The Labute approximate surface area is 128 Å². The molecule has 4 nitrogen and oxygen atoms in total. The van der Waals surface area contributed by atoms with E-state index in [2.05, 4.69) is 16.0 Å². The van der Waals surface area contributed by atoms with Crippen LogP contribution < -0.4 is 5.73 Å². The van der Waals surface area contributed by atoms with Gasteiger partial charge >= 0.3 is 0 Å². The van der Waals surface area contributed by atoms with Crippen molar-refractivity contribution in [2.45, 2.75) is 13.1 Å². The number of nitrogens with zero attached hydrogens (tertiary/aromatic N) is 2. The van der Waals surface area contributed by atoms with Gasteiger partial charge in [0.25, 0.3) is 0 Å². The topological polar surface area (TPSA) is 55.3 Å². The van der Waals surface area contributed by atoms with E-state index in [1.165, 1.54) is 0 Å². The minimum Gasteiger partial charge on any atom is -0.439 e. The highest BCUT2D eigenvalue weighted by Gasteiger charge is 2.09. The van der Waals surface area contributed by atoms with Crippen LogP contribution in [0.25, 0.3) is 11.1 Å². The monoisotopic (exact) mass is 301 g/mol. The Balaban J connectivity index is 1.72. The van der Waals surface area contributed by atoms with E-state index in [1.54, 1.807) is 0 Å². The quantitative estimate of drug-likeness (QED) is 0.747. The molecule has 0 unspecified atom stereocenters. The molecule has 0 saturated carbocycles. The summed E-state index contributed by atoms with van der Waals surface area (Å²) in [5, 5.41) is 0.748. The Hall–Kier alpha value is -2.04. The van der Waals surface area contributed by atoms with Crippen molar-refractivity contribution in [1.82, 2.24) is 9.88 Å². The van der Waals surface area contributed by atoms with Crippen LogP contribution in [0.5, 0.6) is 0 Å². The van der Waals surface area contributed by atoms with Crippen LogP contribution in [0, 0.1) is 0 Å². The van der Waals surface area contributed by atoms with E-state index in [0.717, 1.165) is 28.2 Å². The van der Waals surface area contributed by atoms with Crippen LogP contribution in [0.4, 0.5) is 5.69 Å². The number of nitrogen functional groups attached to an aromatic ring is 1. The van der Waals surface area contributed by atoms with E-state index in [9.17, 15) is 0 Å². The first-order valence-electron chi connectivity index (χ1n) is 6.68. The lowest BCUT2D eigenvalue weighted by atomic mass is 10.2. The first-order valence-corrected chi connectivity index (χ1v) is 7.06. The van der Waals surface area contributed by atoms with Crippen molar-refractivity contribution in [3.05, 3.63) is 58.9 Å². The highest BCUT2D eigenvalue weighted by Crippen LogP contribution is 2.19. The van der Waals surface area contributed by atoms with Crippen LogP contribution >= 0.6 is 11.6 Å². The van der Waals surface area contributed by atoms with Gasteiger partial charge in [0.1, 0.15) is 5.52 Å². The molecule has 108 valence electrons. The molecule has 3 rings (SSSR count). The maximum Gasteiger partial charge on any atom is 0.209 e. The first kappa shape index (κ1) is 13.9. The Bertz CT molecular complexity index is 769. The number of aromatic nitrogens is 1. The van der Waals surface area contributed by atoms with Crippen LogP contribution in [-0.2, 0) is 13.1 Å². The molecule has 0 bridgehead atoms. The molecule has 1 heterocycles. The van der Waals surface area contributed by atoms with Crippen molar-refractivity contribution in [2.24, 2.45) is 0 Å². The fourth-order valence-electron chi connectivity index (χ4n) is 2.29. The van der Waals surface area contributed by atoms with Gasteiger partial charge in [-0.05, 0) is 42.9 Å². The third kappa shape index (κ3) is 3.35. The molecule has 0 aliphatic heterocycles. The molecule has 21 heavy (non-hydrogen) atoms. The molecule has 0 aliphatic rings. The number of oxazole rings is 1. The van der Waals surface area contributed by atoms with Gasteiger partial charge in [0.05, 0.1) is 6.54 Å². The summed E-state index contributed by atoms with van der Waals surface area (Å²) in [5.41, 5.74) is 9.15.